The van der Waals surface area contributed by atoms with Crippen molar-refractivity contribution in [1.82, 2.24) is 19.0 Å². The molecule has 0 aliphatic rings. The number of nitriles is 1. The average Bonchev–Trinajstić information content (AvgIpc) is 3.19. The van der Waals surface area contributed by atoms with Gasteiger partial charge in [-0.15, -0.1) is 0 Å². The summed E-state index contributed by atoms with van der Waals surface area (Å²) in [5, 5.41) is 9.38. The van der Waals surface area contributed by atoms with Crippen LogP contribution in [0.4, 0.5) is 0 Å². The van der Waals surface area contributed by atoms with Gasteiger partial charge < -0.3 is 14.0 Å². The number of carbonyl (C=O) groups excluding carboxylic acids is 1. The Bertz CT molecular complexity index is 1420. The van der Waals surface area contributed by atoms with Crippen molar-refractivity contribution in [2.45, 2.75) is 26.4 Å². The minimum atomic E-state index is -0.227. The van der Waals surface area contributed by atoms with Crippen molar-refractivity contribution in [3.8, 4) is 17.2 Å². The molecule has 7 heteroatoms. The Hall–Kier alpha value is -4.18. The average molecular weight is 440 g/mol. The first-order valence-electron chi connectivity index (χ1n) is 10.8. The first-order valence-corrected chi connectivity index (χ1v) is 10.8. The number of amides is 1. The highest BCUT2D eigenvalue weighted by atomic mass is 16.2. The van der Waals surface area contributed by atoms with Crippen molar-refractivity contribution in [1.29, 1.82) is 5.26 Å². The van der Waals surface area contributed by atoms with Gasteiger partial charge in [-0.3, -0.25) is 9.59 Å². The molecule has 0 spiro atoms. The molecule has 166 valence electrons. The normalized spacial score (nSPS) is 10.8. The molecule has 0 atom stereocenters. The van der Waals surface area contributed by atoms with Crippen LogP contribution in [0.15, 0.2) is 65.6 Å². The van der Waals surface area contributed by atoms with Gasteiger partial charge in [0.15, 0.2) is 0 Å². The third-order valence-electron chi connectivity index (χ3n) is 5.72. The Labute approximate surface area is 192 Å². The van der Waals surface area contributed by atoms with Gasteiger partial charge in [-0.05, 0) is 28.8 Å². The molecule has 7 nitrogen and oxygen atoms in total. The van der Waals surface area contributed by atoms with Crippen molar-refractivity contribution < 1.29 is 4.79 Å². The number of fused-ring (bicyclic) bond motifs is 1. The van der Waals surface area contributed by atoms with Crippen LogP contribution in [0, 0.1) is 11.3 Å². The van der Waals surface area contributed by atoms with Gasteiger partial charge >= 0.3 is 0 Å². The van der Waals surface area contributed by atoms with Crippen LogP contribution in [0.3, 0.4) is 0 Å². The van der Waals surface area contributed by atoms with Crippen LogP contribution in [0.25, 0.3) is 22.2 Å². The number of aromatic nitrogens is 3. The number of hydrogen-bond acceptors (Lipinski definition) is 4. The fourth-order valence-electron chi connectivity index (χ4n) is 3.88. The minimum absolute atomic E-state index is 0.0125. The Morgan fingerprint density at radius 1 is 1.09 bits per heavy atom. The van der Waals surface area contributed by atoms with Gasteiger partial charge in [-0.1, -0.05) is 49.4 Å². The third-order valence-corrected chi connectivity index (χ3v) is 5.72. The smallest absolute Gasteiger partial charge is 0.277 e. The standard InChI is InChI=1S/C26H25N5O2/c1-4-23-28-22-13-14-30(17-24(32)29(2)3)26(33)25(22)31(23)16-18-9-11-19(12-10-18)21-8-6-5-7-20(21)15-27/h5-14H,4,16-17H2,1-3H3. The molecule has 0 unspecified atom stereocenters. The summed E-state index contributed by atoms with van der Waals surface area (Å²) in [6.07, 6.45) is 2.31. The van der Waals surface area contributed by atoms with Crippen LogP contribution in [0.1, 0.15) is 23.9 Å². The second-order valence-electron chi connectivity index (χ2n) is 8.09. The molecule has 2 aromatic carbocycles. The fraction of sp³-hybridized carbons (Fsp3) is 0.231. The molecular formula is C26H25N5O2. The van der Waals surface area contributed by atoms with E-state index in [2.05, 4.69) is 11.1 Å². The van der Waals surface area contributed by atoms with Crippen LogP contribution < -0.4 is 5.56 Å². The lowest BCUT2D eigenvalue weighted by Gasteiger charge is -2.13. The highest BCUT2D eigenvalue weighted by molar-refractivity contribution is 5.78. The molecule has 0 aliphatic heterocycles. The number of aryl methyl sites for hydroxylation is 1. The van der Waals surface area contributed by atoms with Crippen molar-refractivity contribution >= 4 is 16.9 Å². The number of nitrogens with zero attached hydrogens (tertiary/aromatic N) is 5. The highest BCUT2D eigenvalue weighted by Crippen LogP contribution is 2.24. The van der Waals surface area contributed by atoms with E-state index in [1.54, 1.807) is 32.4 Å². The molecule has 4 aromatic rings. The van der Waals surface area contributed by atoms with Crippen LogP contribution in [0.5, 0.6) is 0 Å². The maximum absolute atomic E-state index is 13.2. The second-order valence-corrected chi connectivity index (χ2v) is 8.09. The van der Waals surface area contributed by atoms with Gasteiger partial charge in [-0.25, -0.2) is 4.98 Å². The zero-order valence-electron chi connectivity index (χ0n) is 18.9. The Kier molecular flexibility index (Phi) is 6.09. The zero-order valence-corrected chi connectivity index (χ0v) is 18.9. The third kappa shape index (κ3) is 4.28. The van der Waals surface area contributed by atoms with E-state index < -0.39 is 0 Å². The summed E-state index contributed by atoms with van der Waals surface area (Å²) in [6.45, 7) is 2.48. The van der Waals surface area contributed by atoms with E-state index in [1.807, 2.05) is 54.0 Å². The summed E-state index contributed by atoms with van der Waals surface area (Å²) in [6, 6.07) is 19.5. The fourth-order valence-corrected chi connectivity index (χ4v) is 3.88. The van der Waals surface area contributed by atoms with Gasteiger partial charge in [-0.2, -0.15) is 5.26 Å². The van der Waals surface area contributed by atoms with Crippen LogP contribution >= 0.6 is 0 Å². The van der Waals surface area contributed by atoms with E-state index in [0.29, 0.717) is 29.6 Å². The van der Waals surface area contributed by atoms with E-state index >= 15 is 0 Å². The maximum atomic E-state index is 13.2. The number of likely N-dealkylation sites (N-methyl/N-ethyl adjacent to an activating group) is 1. The van der Waals surface area contributed by atoms with Crippen LogP contribution in [-0.2, 0) is 24.3 Å². The number of benzene rings is 2. The summed E-state index contributed by atoms with van der Waals surface area (Å²) >= 11 is 0. The monoisotopic (exact) mass is 439 g/mol. The van der Waals surface area contributed by atoms with Crippen molar-refractivity contribution in [2.75, 3.05) is 14.1 Å². The lowest BCUT2D eigenvalue weighted by Crippen LogP contribution is -2.31. The first kappa shape index (κ1) is 22.0. The second kappa shape index (κ2) is 9.13. The summed E-state index contributed by atoms with van der Waals surface area (Å²) < 4.78 is 3.37. The SMILES string of the molecule is CCc1nc2ccn(CC(=O)N(C)C)c(=O)c2n1Cc1ccc(-c2ccccc2C#N)cc1. The van der Waals surface area contributed by atoms with E-state index in [4.69, 9.17) is 0 Å². The quantitative estimate of drug-likeness (QED) is 0.461. The van der Waals surface area contributed by atoms with Crippen LogP contribution in [0.2, 0.25) is 0 Å². The molecule has 0 aliphatic carbocycles. The maximum Gasteiger partial charge on any atom is 0.277 e. The molecule has 1 amide bonds. The summed E-state index contributed by atoms with van der Waals surface area (Å²) in [4.78, 5) is 31.5. The van der Waals surface area contributed by atoms with E-state index in [1.165, 1.54) is 9.47 Å². The van der Waals surface area contributed by atoms with Crippen molar-refractivity contribution in [3.05, 3.63) is 88.1 Å². The molecule has 4 rings (SSSR count). The Morgan fingerprint density at radius 3 is 2.48 bits per heavy atom. The number of hydrogen-bond donors (Lipinski definition) is 0. The van der Waals surface area contributed by atoms with Crippen LogP contribution in [-0.4, -0.2) is 39.0 Å². The zero-order chi connectivity index (χ0) is 23.5. The molecule has 0 saturated heterocycles. The first-order chi connectivity index (χ1) is 15.9. The Morgan fingerprint density at radius 2 is 1.82 bits per heavy atom. The van der Waals surface area contributed by atoms with Crippen molar-refractivity contribution in [2.24, 2.45) is 0 Å². The van der Waals surface area contributed by atoms with E-state index in [9.17, 15) is 14.9 Å². The van der Waals surface area contributed by atoms with E-state index in [0.717, 1.165) is 22.5 Å². The molecule has 0 saturated carbocycles. The molecule has 0 fully saturated rings. The number of rotatable bonds is 6. The Balaban J connectivity index is 1.71. The molecule has 33 heavy (non-hydrogen) atoms. The topological polar surface area (TPSA) is 83.9 Å². The molecule has 2 heterocycles. The van der Waals surface area contributed by atoms with E-state index in [-0.39, 0.29) is 18.0 Å². The molecule has 0 bridgehead atoms. The molecule has 2 aromatic heterocycles. The summed E-state index contributed by atoms with van der Waals surface area (Å²) in [5.41, 5.74) is 4.40. The number of carbonyl (C=O) groups is 1. The summed E-state index contributed by atoms with van der Waals surface area (Å²) in [7, 11) is 3.34. The lowest BCUT2D eigenvalue weighted by molar-refractivity contribution is -0.129. The van der Waals surface area contributed by atoms with Gasteiger partial charge in [0.1, 0.15) is 17.9 Å². The predicted molar refractivity (Wildman–Crippen MR) is 128 cm³/mol. The minimum Gasteiger partial charge on any atom is -0.347 e. The van der Waals surface area contributed by atoms with Crippen molar-refractivity contribution in [3.63, 3.8) is 0 Å². The van der Waals surface area contributed by atoms with Gasteiger partial charge in [0.2, 0.25) is 5.91 Å². The number of imidazole rings is 1. The molecule has 0 N–H and O–H groups in total. The predicted octanol–water partition coefficient (Wildman–Crippen LogP) is 3.44. The van der Waals surface area contributed by atoms with Gasteiger partial charge in [0, 0.05) is 33.3 Å². The van der Waals surface area contributed by atoms with Gasteiger partial charge in [0.05, 0.1) is 17.1 Å². The molecular weight excluding hydrogens is 414 g/mol. The summed E-state index contributed by atoms with van der Waals surface area (Å²) in [5.74, 6) is 0.671. The largest absolute Gasteiger partial charge is 0.347 e. The number of pyridine rings is 1. The molecule has 0 radical (unpaired) electrons. The lowest BCUT2D eigenvalue weighted by atomic mass is 9.99. The highest BCUT2D eigenvalue weighted by Gasteiger charge is 2.16. The van der Waals surface area contributed by atoms with Gasteiger partial charge in [0.25, 0.3) is 5.56 Å².